The Hall–Kier alpha value is -1.55. The first kappa shape index (κ1) is 13.9. The van der Waals surface area contributed by atoms with Crippen molar-refractivity contribution in [3.63, 3.8) is 0 Å². The average molecular weight is 262 g/mol. The molecule has 2 N–H and O–H groups in total. The van der Waals surface area contributed by atoms with E-state index in [1.807, 2.05) is 7.05 Å². The van der Waals surface area contributed by atoms with Crippen molar-refractivity contribution in [3.8, 4) is 5.75 Å². The standard InChI is InChI=1S/C15H22N2O2/c1-11-13(7-5-8-14(11)18)15(19)17(2)10-12-6-3-4-9-16-12/h5,7-8,12,16,18H,3-4,6,9-10H2,1-2H3. The van der Waals surface area contributed by atoms with Crippen molar-refractivity contribution in [2.45, 2.75) is 32.2 Å². The number of hydrogen-bond donors (Lipinski definition) is 2. The lowest BCUT2D eigenvalue weighted by Crippen LogP contribution is -2.44. The average Bonchev–Trinajstić information content (AvgIpc) is 2.42. The molecule has 0 aromatic heterocycles. The van der Waals surface area contributed by atoms with Crippen LogP contribution in [-0.2, 0) is 0 Å². The van der Waals surface area contributed by atoms with Crippen molar-refractivity contribution >= 4 is 5.91 Å². The summed E-state index contributed by atoms with van der Waals surface area (Å²) in [6.07, 6.45) is 3.57. The van der Waals surface area contributed by atoms with Gasteiger partial charge in [0.05, 0.1) is 0 Å². The molecule has 104 valence electrons. The van der Waals surface area contributed by atoms with E-state index in [1.165, 1.54) is 12.8 Å². The van der Waals surface area contributed by atoms with Crippen LogP contribution in [-0.4, -0.2) is 42.1 Å². The fourth-order valence-corrected chi connectivity index (χ4v) is 2.55. The molecule has 0 aliphatic carbocycles. The zero-order valence-electron chi connectivity index (χ0n) is 11.6. The van der Waals surface area contributed by atoms with Gasteiger partial charge in [-0.05, 0) is 38.4 Å². The van der Waals surface area contributed by atoms with Crippen LogP contribution in [0.25, 0.3) is 0 Å². The molecule has 1 fully saturated rings. The van der Waals surface area contributed by atoms with Gasteiger partial charge < -0.3 is 15.3 Å². The number of amides is 1. The molecule has 1 unspecified atom stereocenters. The predicted octanol–water partition coefficient (Wildman–Crippen LogP) is 1.91. The topological polar surface area (TPSA) is 52.6 Å². The SMILES string of the molecule is Cc1c(O)cccc1C(=O)N(C)CC1CCCCN1. The van der Waals surface area contributed by atoms with Gasteiger partial charge in [-0.25, -0.2) is 0 Å². The highest BCUT2D eigenvalue weighted by Crippen LogP contribution is 2.21. The number of aromatic hydroxyl groups is 1. The summed E-state index contributed by atoms with van der Waals surface area (Å²) in [6, 6.07) is 5.47. The molecule has 0 radical (unpaired) electrons. The summed E-state index contributed by atoms with van der Waals surface area (Å²) < 4.78 is 0. The second kappa shape index (κ2) is 6.06. The molecule has 1 aliphatic heterocycles. The van der Waals surface area contributed by atoms with Crippen LogP contribution in [0.5, 0.6) is 5.75 Å². The van der Waals surface area contributed by atoms with E-state index in [0.29, 0.717) is 23.7 Å². The van der Waals surface area contributed by atoms with Gasteiger partial charge >= 0.3 is 0 Å². The fourth-order valence-electron chi connectivity index (χ4n) is 2.55. The van der Waals surface area contributed by atoms with E-state index in [2.05, 4.69) is 5.32 Å². The third-order valence-electron chi connectivity index (χ3n) is 3.79. The van der Waals surface area contributed by atoms with Gasteiger partial charge in [0, 0.05) is 30.8 Å². The van der Waals surface area contributed by atoms with Gasteiger partial charge in [0.15, 0.2) is 0 Å². The van der Waals surface area contributed by atoms with E-state index in [4.69, 9.17) is 0 Å². The first-order chi connectivity index (χ1) is 9.09. The molecule has 1 aromatic carbocycles. The van der Waals surface area contributed by atoms with Crippen molar-refractivity contribution in [3.05, 3.63) is 29.3 Å². The van der Waals surface area contributed by atoms with Crippen molar-refractivity contribution in [2.75, 3.05) is 20.1 Å². The summed E-state index contributed by atoms with van der Waals surface area (Å²) in [5.74, 6) is 0.149. The Kier molecular flexibility index (Phi) is 4.43. The maximum Gasteiger partial charge on any atom is 0.254 e. The van der Waals surface area contributed by atoms with Crippen LogP contribution < -0.4 is 5.32 Å². The fraction of sp³-hybridized carbons (Fsp3) is 0.533. The smallest absolute Gasteiger partial charge is 0.254 e. The number of carbonyl (C=O) groups excluding carboxylic acids is 1. The Morgan fingerprint density at radius 1 is 1.47 bits per heavy atom. The first-order valence-electron chi connectivity index (χ1n) is 6.87. The van der Waals surface area contributed by atoms with Gasteiger partial charge in [-0.3, -0.25) is 4.79 Å². The summed E-state index contributed by atoms with van der Waals surface area (Å²) in [6.45, 7) is 3.53. The Bertz CT molecular complexity index is 453. The lowest BCUT2D eigenvalue weighted by molar-refractivity contribution is 0.0774. The number of benzene rings is 1. The molecule has 2 rings (SSSR count). The maximum atomic E-state index is 12.4. The minimum atomic E-state index is -0.0271. The zero-order valence-corrected chi connectivity index (χ0v) is 11.6. The summed E-state index contributed by atoms with van der Waals surface area (Å²) in [7, 11) is 1.82. The number of phenols is 1. The van der Waals surface area contributed by atoms with Crippen molar-refractivity contribution < 1.29 is 9.90 Å². The second-order valence-corrected chi connectivity index (χ2v) is 5.28. The number of carbonyl (C=O) groups is 1. The maximum absolute atomic E-state index is 12.4. The molecule has 19 heavy (non-hydrogen) atoms. The van der Waals surface area contributed by atoms with Crippen LogP contribution >= 0.6 is 0 Å². The molecule has 0 bridgehead atoms. The van der Waals surface area contributed by atoms with Crippen LogP contribution in [0.3, 0.4) is 0 Å². The molecular formula is C15H22N2O2. The van der Waals surface area contributed by atoms with Crippen LogP contribution in [0.2, 0.25) is 0 Å². The highest BCUT2D eigenvalue weighted by molar-refractivity contribution is 5.96. The number of nitrogens with one attached hydrogen (secondary N) is 1. The van der Waals surface area contributed by atoms with Gasteiger partial charge in [0.2, 0.25) is 0 Å². The van der Waals surface area contributed by atoms with Gasteiger partial charge in [-0.2, -0.15) is 0 Å². The number of phenolic OH excluding ortho intramolecular Hbond substituents is 1. The predicted molar refractivity (Wildman–Crippen MR) is 75.4 cm³/mol. The molecule has 0 saturated carbocycles. The molecule has 1 heterocycles. The summed E-state index contributed by atoms with van der Waals surface area (Å²) >= 11 is 0. The van der Waals surface area contributed by atoms with Crippen LogP contribution in [0.15, 0.2) is 18.2 Å². The summed E-state index contributed by atoms with van der Waals surface area (Å²) in [4.78, 5) is 14.1. The minimum absolute atomic E-state index is 0.0271. The Morgan fingerprint density at radius 2 is 2.26 bits per heavy atom. The van der Waals surface area contributed by atoms with Gasteiger partial charge in [-0.15, -0.1) is 0 Å². The Labute approximate surface area is 114 Å². The highest BCUT2D eigenvalue weighted by Gasteiger charge is 2.20. The number of piperidine rings is 1. The lowest BCUT2D eigenvalue weighted by atomic mass is 10.0. The molecule has 4 nitrogen and oxygen atoms in total. The quantitative estimate of drug-likeness (QED) is 0.875. The largest absolute Gasteiger partial charge is 0.508 e. The lowest BCUT2D eigenvalue weighted by Gasteiger charge is -2.28. The monoisotopic (exact) mass is 262 g/mol. The second-order valence-electron chi connectivity index (χ2n) is 5.28. The molecular weight excluding hydrogens is 240 g/mol. The van der Waals surface area contributed by atoms with Crippen LogP contribution in [0.4, 0.5) is 0 Å². The minimum Gasteiger partial charge on any atom is -0.508 e. The molecule has 4 heteroatoms. The number of likely N-dealkylation sites (N-methyl/N-ethyl adjacent to an activating group) is 1. The molecule has 1 amide bonds. The van der Waals surface area contributed by atoms with E-state index in [1.54, 1.807) is 30.0 Å². The van der Waals surface area contributed by atoms with E-state index >= 15 is 0 Å². The van der Waals surface area contributed by atoms with Crippen LogP contribution in [0.1, 0.15) is 35.2 Å². The van der Waals surface area contributed by atoms with E-state index < -0.39 is 0 Å². The normalized spacial score (nSPS) is 19.2. The molecule has 1 atom stereocenters. The zero-order chi connectivity index (χ0) is 13.8. The van der Waals surface area contributed by atoms with Crippen LogP contribution in [0, 0.1) is 6.92 Å². The molecule has 1 aliphatic rings. The number of rotatable bonds is 3. The highest BCUT2D eigenvalue weighted by atomic mass is 16.3. The van der Waals surface area contributed by atoms with Gasteiger partial charge in [0.25, 0.3) is 5.91 Å². The molecule has 1 saturated heterocycles. The number of hydrogen-bond acceptors (Lipinski definition) is 3. The van der Waals surface area contributed by atoms with Crippen molar-refractivity contribution in [1.29, 1.82) is 0 Å². The third kappa shape index (κ3) is 3.26. The van der Waals surface area contributed by atoms with Gasteiger partial charge in [0.1, 0.15) is 5.75 Å². The van der Waals surface area contributed by atoms with Crippen molar-refractivity contribution in [1.82, 2.24) is 10.2 Å². The third-order valence-corrected chi connectivity index (χ3v) is 3.79. The van der Waals surface area contributed by atoms with Crippen molar-refractivity contribution in [2.24, 2.45) is 0 Å². The van der Waals surface area contributed by atoms with E-state index in [0.717, 1.165) is 13.0 Å². The molecule has 0 spiro atoms. The first-order valence-corrected chi connectivity index (χ1v) is 6.87. The Balaban J connectivity index is 2.03. The van der Waals surface area contributed by atoms with E-state index in [9.17, 15) is 9.90 Å². The van der Waals surface area contributed by atoms with E-state index in [-0.39, 0.29) is 11.7 Å². The summed E-state index contributed by atoms with van der Waals surface area (Å²) in [5.41, 5.74) is 1.23. The Morgan fingerprint density at radius 3 is 2.95 bits per heavy atom. The number of nitrogens with zero attached hydrogens (tertiary/aromatic N) is 1. The van der Waals surface area contributed by atoms with Gasteiger partial charge in [-0.1, -0.05) is 12.5 Å². The molecule has 1 aromatic rings. The summed E-state index contributed by atoms with van der Waals surface area (Å²) in [5, 5.41) is 13.1.